The molecule has 5 rings (SSSR count). The summed E-state index contributed by atoms with van der Waals surface area (Å²) in [5, 5.41) is 15.3. The predicted molar refractivity (Wildman–Crippen MR) is 123 cm³/mol. The van der Waals surface area contributed by atoms with Crippen LogP contribution >= 0.6 is 11.6 Å². The Bertz CT molecular complexity index is 1240. The first-order valence-electron chi connectivity index (χ1n) is 11.2. The molecule has 180 valence electrons. The van der Waals surface area contributed by atoms with Crippen LogP contribution in [-0.4, -0.2) is 42.7 Å². The molecule has 3 aromatic rings. The number of imidazole rings is 1. The average Bonchev–Trinajstić information content (AvgIpc) is 3.13. The van der Waals surface area contributed by atoms with E-state index >= 15 is 0 Å². The van der Waals surface area contributed by atoms with E-state index in [1.807, 2.05) is 4.57 Å². The van der Waals surface area contributed by atoms with Gasteiger partial charge < -0.3 is 21.5 Å². The van der Waals surface area contributed by atoms with E-state index in [-0.39, 0.29) is 46.7 Å². The fourth-order valence-electron chi connectivity index (χ4n) is 4.67. The zero-order chi connectivity index (χ0) is 24.0. The van der Waals surface area contributed by atoms with Gasteiger partial charge in [0, 0.05) is 24.1 Å². The minimum absolute atomic E-state index is 0.0796. The van der Waals surface area contributed by atoms with Crippen LogP contribution in [0, 0.1) is 17.6 Å². The Morgan fingerprint density at radius 1 is 1.18 bits per heavy atom. The number of benzene rings is 1. The lowest BCUT2D eigenvalue weighted by Gasteiger charge is -2.32. The fourth-order valence-corrected chi connectivity index (χ4v) is 4.87. The number of rotatable bonds is 6. The smallest absolute Gasteiger partial charge is 0.224 e. The molecule has 2 saturated carbocycles. The molecule has 9 nitrogen and oxygen atoms in total. The lowest BCUT2D eigenvalue weighted by atomic mass is 9.85. The third kappa shape index (κ3) is 4.37. The number of primary amides is 1. The summed E-state index contributed by atoms with van der Waals surface area (Å²) < 4.78 is 30.4. The van der Waals surface area contributed by atoms with Crippen LogP contribution in [0.5, 0.6) is 0 Å². The Kier molecular flexibility index (Phi) is 5.98. The summed E-state index contributed by atoms with van der Waals surface area (Å²) in [5.41, 5.74) is 6.33. The molecule has 34 heavy (non-hydrogen) atoms. The number of fused-ring (bicyclic) bond motifs is 1. The summed E-state index contributed by atoms with van der Waals surface area (Å²) in [6.07, 6.45) is 4.96. The molecule has 1 amide bonds. The van der Waals surface area contributed by atoms with Crippen LogP contribution in [0.15, 0.2) is 18.3 Å². The van der Waals surface area contributed by atoms with Gasteiger partial charge >= 0.3 is 0 Å². The van der Waals surface area contributed by atoms with Crippen molar-refractivity contribution in [1.29, 1.82) is 0 Å². The maximum atomic E-state index is 14.6. The molecule has 1 aromatic carbocycles. The standard InChI is InChI=1S/C22H24ClF2N7O2/c23-15-5-11(24)6-16(18(15)25)29-22-30-17-9-27-21(28-12-7-14(33)8-12)31-20(17)32(22)13-3-1-10(2-4-13)19(26)34/h5-6,9-10,12-14,33H,1-4,7-8H2,(H2,26,34)(H,29,30)(H,27,28,31)/t10-,12-,13+,14-. The quantitative estimate of drug-likeness (QED) is 0.387. The number of anilines is 3. The van der Waals surface area contributed by atoms with Crippen LogP contribution in [0.2, 0.25) is 5.02 Å². The van der Waals surface area contributed by atoms with E-state index in [2.05, 4.69) is 25.6 Å². The van der Waals surface area contributed by atoms with Crippen LogP contribution in [0.1, 0.15) is 44.6 Å². The molecule has 5 N–H and O–H groups in total. The van der Waals surface area contributed by atoms with Gasteiger partial charge in [-0.1, -0.05) is 11.6 Å². The number of hydrogen-bond donors (Lipinski definition) is 4. The van der Waals surface area contributed by atoms with Crippen LogP contribution in [0.25, 0.3) is 11.2 Å². The summed E-state index contributed by atoms with van der Waals surface area (Å²) in [6.45, 7) is 0. The van der Waals surface area contributed by atoms with E-state index < -0.39 is 11.6 Å². The van der Waals surface area contributed by atoms with Crippen molar-refractivity contribution < 1.29 is 18.7 Å². The van der Waals surface area contributed by atoms with E-state index in [9.17, 15) is 18.7 Å². The van der Waals surface area contributed by atoms with Crippen LogP contribution < -0.4 is 16.4 Å². The molecule has 2 heterocycles. The number of nitrogens with two attached hydrogens (primary N) is 1. The molecule has 2 aromatic heterocycles. The second kappa shape index (κ2) is 8.95. The number of amides is 1. The van der Waals surface area contributed by atoms with E-state index in [1.165, 1.54) is 0 Å². The first-order chi connectivity index (χ1) is 16.3. The second-order valence-corrected chi connectivity index (χ2v) is 9.36. The highest BCUT2D eigenvalue weighted by Gasteiger charge is 2.31. The number of hydrogen-bond acceptors (Lipinski definition) is 7. The zero-order valence-electron chi connectivity index (χ0n) is 18.1. The third-order valence-electron chi connectivity index (χ3n) is 6.58. The number of aliphatic hydroxyl groups is 1. The Labute approximate surface area is 198 Å². The molecule has 2 aliphatic carbocycles. The van der Waals surface area contributed by atoms with Crippen molar-refractivity contribution in [2.24, 2.45) is 11.7 Å². The van der Waals surface area contributed by atoms with Gasteiger partial charge in [-0.05, 0) is 44.6 Å². The van der Waals surface area contributed by atoms with Gasteiger partial charge in [-0.25, -0.2) is 18.7 Å². The molecular formula is C22H24ClF2N7O2. The SMILES string of the molecule is NC(=O)[C@H]1CC[C@@H](n2c(Nc3cc(F)cc(Cl)c3F)nc3cnc(N[C@H]4C[C@H](O)C4)nc32)CC1. The van der Waals surface area contributed by atoms with Crippen molar-refractivity contribution in [2.45, 2.75) is 56.7 Å². The lowest BCUT2D eigenvalue weighted by Crippen LogP contribution is -2.39. The highest BCUT2D eigenvalue weighted by molar-refractivity contribution is 6.31. The third-order valence-corrected chi connectivity index (χ3v) is 6.86. The van der Waals surface area contributed by atoms with Gasteiger partial charge in [-0.2, -0.15) is 4.98 Å². The first kappa shape index (κ1) is 22.7. The number of nitrogens with zero attached hydrogens (tertiary/aromatic N) is 4. The largest absolute Gasteiger partial charge is 0.393 e. The summed E-state index contributed by atoms with van der Waals surface area (Å²) >= 11 is 5.82. The Hall–Kier alpha value is -3.05. The molecular weight excluding hydrogens is 468 g/mol. The van der Waals surface area contributed by atoms with Gasteiger partial charge in [0.25, 0.3) is 0 Å². The van der Waals surface area contributed by atoms with Crippen molar-refractivity contribution >= 4 is 46.3 Å². The number of carbonyl (C=O) groups is 1. The monoisotopic (exact) mass is 491 g/mol. The molecule has 2 aliphatic rings. The maximum Gasteiger partial charge on any atom is 0.224 e. The van der Waals surface area contributed by atoms with E-state index in [1.54, 1.807) is 6.20 Å². The highest BCUT2D eigenvalue weighted by atomic mass is 35.5. The normalized spacial score (nSPS) is 24.6. The van der Waals surface area contributed by atoms with Crippen LogP contribution in [0.3, 0.4) is 0 Å². The Morgan fingerprint density at radius 3 is 2.59 bits per heavy atom. The minimum Gasteiger partial charge on any atom is -0.393 e. The van der Waals surface area contributed by atoms with E-state index in [4.69, 9.17) is 17.3 Å². The molecule has 0 unspecified atom stereocenters. The number of nitrogens with one attached hydrogen (secondary N) is 2. The molecule has 0 atom stereocenters. The molecule has 0 radical (unpaired) electrons. The van der Waals surface area contributed by atoms with E-state index in [0.717, 1.165) is 12.1 Å². The van der Waals surface area contributed by atoms with Crippen molar-refractivity contribution in [3.63, 3.8) is 0 Å². The van der Waals surface area contributed by atoms with E-state index in [0.29, 0.717) is 55.6 Å². The zero-order valence-corrected chi connectivity index (χ0v) is 18.9. The van der Waals surface area contributed by atoms with Gasteiger partial charge in [-0.3, -0.25) is 9.36 Å². The van der Waals surface area contributed by atoms with Crippen molar-refractivity contribution in [3.8, 4) is 0 Å². The lowest BCUT2D eigenvalue weighted by molar-refractivity contribution is -0.122. The summed E-state index contributed by atoms with van der Waals surface area (Å²) in [5.74, 6) is -1.34. The fraction of sp³-hybridized carbons (Fsp3) is 0.455. The highest BCUT2D eigenvalue weighted by Crippen LogP contribution is 2.38. The minimum atomic E-state index is -0.795. The predicted octanol–water partition coefficient (Wildman–Crippen LogP) is 3.65. The van der Waals surface area contributed by atoms with Gasteiger partial charge in [0.05, 0.1) is 23.0 Å². The number of carbonyl (C=O) groups excluding carboxylic acids is 1. The van der Waals surface area contributed by atoms with Gasteiger partial charge in [-0.15, -0.1) is 0 Å². The molecule has 12 heteroatoms. The first-order valence-corrected chi connectivity index (χ1v) is 11.6. The molecule has 0 spiro atoms. The van der Waals surface area contributed by atoms with Crippen molar-refractivity contribution in [2.75, 3.05) is 10.6 Å². The van der Waals surface area contributed by atoms with Gasteiger partial charge in [0.2, 0.25) is 17.8 Å². The Balaban J connectivity index is 1.52. The number of aromatic nitrogens is 4. The maximum absolute atomic E-state index is 14.6. The number of halogens is 3. The molecule has 0 aliphatic heterocycles. The van der Waals surface area contributed by atoms with Crippen molar-refractivity contribution in [1.82, 2.24) is 19.5 Å². The average molecular weight is 492 g/mol. The van der Waals surface area contributed by atoms with Crippen LogP contribution in [-0.2, 0) is 4.79 Å². The van der Waals surface area contributed by atoms with Crippen molar-refractivity contribution in [3.05, 3.63) is 35.0 Å². The van der Waals surface area contributed by atoms with Gasteiger partial charge in [0.1, 0.15) is 11.3 Å². The molecule has 2 fully saturated rings. The number of aliphatic hydroxyl groups excluding tert-OH is 1. The Morgan fingerprint density at radius 2 is 1.91 bits per heavy atom. The molecule has 0 bridgehead atoms. The summed E-state index contributed by atoms with van der Waals surface area (Å²) in [7, 11) is 0. The van der Waals surface area contributed by atoms with Crippen LogP contribution in [0.4, 0.5) is 26.4 Å². The van der Waals surface area contributed by atoms with Gasteiger partial charge in [0.15, 0.2) is 11.5 Å². The summed E-state index contributed by atoms with van der Waals surface area (Å²) in [4.78, 5) is 25.1. The molecule has 0 saturated heterocycles. The summed E-state index contributed by atoms with van der Waals surface area (Å²) in [6, 6.07) is 1.89. The second-order valence-electron chi connectivity index (χ2n) is 8.96. The topological polar surface area (TPSA) is 131 Å².